The third-order valence-corrected chi connectivity index (χ3v) is 2.07. The molecule has 0 bridgehead atoms. The highest BCUT2D eigenvalue weighted by molar-refractivity contribution is 5.89. The van der Waals surface area contributed by atoms with Gasteiger partial charge in [0.25, 0.3) is 0 Å². The van der Waals surface area contributed by atoms with E-state index < -0.39 is 0 Å². The molecule has 0 aromatic heterocycles. The molecule has 4 nitrogen and oxygen atoms in total. The highest BCUT2D eigenvalue weighted by Gasteiger charge is 2.27. The summed E-state index contributed by atoms with van der Waals surface area (Å²) in [6, 6.07) is 0. The predicted octanol–water partition coefficient (Wildman–Crippen LogP) is -0.348. The summed E-state index contributed by atoms with van der Waals surface area (Å²) in [5, 5.41) is 5.37. The first-order chi connectivity index (χ1) is 6.74. The summed E-state index contributed by atoms with van der Waals surface area (Å²) in [4.78, 5) is 22.2. The van der Waals surface area contributed by atoms with Crippen molar-refractivity contribution in [3.8, 4) is 11.8 Å². The van der Waals surface area contributed by atoms with E-state index >= 15 is 0 Å². The Labute approximate surface area is 83.4 Å². The smallest absolute Gasteiger partial charge is 0.225 e. The van der Waals surface area contributed by atoms with Gasteiger partial charge >= 0.3 is 0 Å². The number of carbonyl (C=O) groups excluding carboxylic acids is 2. The molecule has 2 N–H and O–H groups in total. The second-order valence-corrected chi connectivity index (χ2v) is 3.17. The van der Waals surface area contributed by atoms with Gasteiger partial charge in [0.2, 0.25) is 11.8 Å². The van der Waals surface area contributed by atoms with Crippen LogP contribution < -0.4 is 10.6 Å². The lowest BCUT2D eigenvalue weighted by atomic mass is 10.1. The van der Waals surface area contributed by atoms with E-state index in [2.05, 4.69) is 22.5 Å². The van der Waals surface area contributed by atoms with Crippen molar-refractivity contribution >= 4 is 11.8 Å². The molecule has 0 saturated carbocycles. The summed E-state index contributed by atoms with van der Waals surface area (Å²) in [5.74, 6) is 5.31. The van der Waals surface area contributed by atoms with Crippen molar-refractivity contribution in [2.45, 2.75) is 19.8 Å². The summed E-state index contributed by atoms with van der Waals surface area (Å²) >= 11 is 0. The summed E-state index contributed by atoms with van der Waals surface area (Å²) in [6.07, 6.45) is 0.974. The highest BCUT2D eigenvalue weighted by Crippen LogP contribution is 2.08. The molecule has 1 rings (SSSR count). The van der Waals surface area contributed by atoms with Gasteiger partial charge < -0.3 is 10.6 Å². The lowest BCUT2D eigenvalue weighted by Gasteiger charge is -2.06. The van der Waals surface area contributed by atoms with Crippen LogP contribution in [0.1, 0.15) is 19.8 Å². The molecule has 0 radical (unpaired) electrons. The van der Waals surface area contributed by atoms with Crippen LogP contribution in [0.15, 0.2) is 0 Å². The van der Waals surface area contributed by atoms with Gasteiger partial charge in [-0.1, -0.05) is 0 Å². The van der Waals surface area contributed by atoms with E-state index in [0.717, 1.165) is 0 Å². The fourth-order valence-electron chi connectivity index (χ4n) is 1.31. The predicted molar refractivity (Wildman–Crippen MR) is 52.2 cm³/mol. The Morgan fingerprint density at radius 2 is 2.50 bits per heavy atom. The molecule has 0 aliphatic carbocycles. The van der Waals surface area contributed by atoms with Gasteiger partial charge in [-0.25, -0.2) is 0 Å². The van der Waals surface area contributed by atoms with Crippen LogP contribution in [0.2, 0.25) is 0 Å². The van der Waals surface area contributed by atoms with Gasteiger partial charge in [0.1, 0.15) is 0 Å². The van der Waals surface area contributed by atoms with Gasteiger partial charge in [0, 0.05) is 25.9 Å². The molecule has 1 atom stereocenters. The van der Waals surface area contributed by atoms with Crippen LogP contribution in [0.5, 0.6) is 0 Å². The van der Waals surface area contributed by atoms with Crippen LogP contribution in [-0.4, -0.2) is 24.9 Å². The molecule has 0 aromatic carbocycles. The molecule has 1 unspecified atom stereocenters. The Morgan fingerprint density at radius 3 is 3.07 bits per heavy atom. The number of hydrogen-bond acceptors (Lipinski definition) is 2. The highest BCUT2D eigenvalue weighted by atomic mass is 16.2. The zero-order chi connectivity index (χ0) is 10.4. The van der Waals surface area contributed by atoms with Crippen LogP contribution >= 0.6 is 0 Å². The molecule has 1 saturated heterocycles. The third kappa shape index (κ3) is 3.09. The molecule has 2 amide bonds. The summed E-state index contributed by atoms with van der Waals surface area (Å²) in [5.41, 5.74) is 0. The van der Waals surface area contributed by atoms with Crippen molar-refractivity contribution in [2.75, 3.05) is 13.1 Å². The molecule has 1 aliphatic rings. The van der Waals surface area contributed by atoms with Gasteiger partial charge in [-0.05, 0) is 6.92 Å². The third-order valence-electron chi connectivity index (χ3n) is 2.07. The quantitative estimate of drug-likeness (QED) is 0.476. The first-order valence-electron chi connectivity index (χ1n) is 4.68. The standard InChI is InChI=1S/C10H14N2O2/c1-2-3-4-5-11-10(14)8-6-9(13)12-7-8/h8H,4-7H2,1H3,(H,11,14)(H,12,13). The van der Waals surface area contributed by atoms with Gasteiger partial charge in [-0.15, -0.1) is 11.8 Å². The average Bonchev–Trinajstić information content (AvgIpc) is 2.59. The monoisotopic (exact) mass is 194 g/mol. The van der Waals surface area contributed by atoms with Crippen molar-refractivity contribution in [3.05, 3.63) is 0 Å². The number of amides is 2. The van der Waals surface area contributed by atoms with Crippen LogP contribution in [-0.2, 0) is 9.59 Å². The second kappa shape index (κ2) is 5.28. The maximum absolute atomic E-state index is 11.4. The Bertz CT molecular complexity index is 288. The van der Waals surface area contributed by atoms with Crippen LogP contribution in [0.25, 0.3) is 0 Å². The van der Waals surface area contributed by atoms with E-state index in [1.54, 1.807) is 6.92 Å². The van der Waals surface area contributed by atoms with E-state index in [1.807, 2.05) is 0 Å². The molecule has 1 fully saturated rings. The average molecular weight is 194 g/mol. The summed E-state index contributed by atoms with van der Waals surface area (Å²) in [6.45, 7) is 2.79. The zero-order valence-electron chi connectivity index (χ0n) is 8.22. The van der Waals surface area contributed by atoms with E-state index in [4.69, 9.17) is 0 Å². The Balaban J connectivity index is 2.20. The lowest BCUT2D eigenvalue weighted by molar-refractivity contribution is -0.126. The van der Waals surface area contributed by atoms with Crippen molar-refractivity contribution in [1.29, 1.82) is 0 Å². The molecule has 1 aliphatic heterocycles. The fraction of sp³-hybridized carbons (Fsp3) is 0.600. The molecule has 0 spiro atoms. The molecule has 76 valence electrons. The first-order valence-corrected chi connectivity index (χ1v) is 4.68. The van der Waals surface area contributed by atoms with Gasteiger partial charge in [0.05, 0.1) is 5.92 Å². The normalized spacial score (nSPS) is 19.5. The topological polar surface area (TPSA) is 58.2 Å². The van der Waals surface area contributed by atoms with Crippen molar-refractivity contribution in [2.24, 2.45) is 5.92 Å². The van der Waals surface area contributed by atoms with E-state index in [0.29, 0.717) is 25.9 Å². The van der Waals surface area contributed by atoms with E-state index in [1.165, 1.54) is 0 Å². The van der Waals surface area contributed by atoms with E-state index in [9.17, 15) is 9.59 Å². The van der Waals surface area contributed by atoms with Crippen molar-refractivity contribution in [1.82, 2.24) is 10.6 Å². The molecule has 4 heteroatoms. The molecular formula is C10H14N2O2. The zero-order valence-corrected chi connectivity index (χ0v) is 8.22. The van der Waals surface area contributed by atoms with Gasteiger partial charge in [-0.3, -0.25) is 9.59 Å². The fourth-order valence-corrected chi connectivity index (χ4v) is 1.31. The van der Waals surface area contributed by atoms with Crippen molar-refractivity contribution in [3.63, 3.8) is 0 Å². The minimum absolute atomic E-state index is 0.0431. The number of nitrogens with one attached hydrogen (secondary N) is 2. The maximum Gasteiger partial charge on any atom is 0.225 e. The Morgan fingerprint density at radius 1 is 1.71 bits per heavy atom. The summed E-state index contributed by atoms with van der Waals surface area (Å²) in [7, 11) is 0. The SMILES string of the molecule is CC#CCCNC(=O)C1CNC(=O)C1. The largest absolute Gasteiger partial charge is 0.355 e. The van der Waals surface area contributed by atoms with Gasteiger partial charge in [0.15, 0.2) is 0 Å². The van der Waals surface area contributed by atoms with Gasteiger partial charge in [-0.2, -0.15) is 0 Å². The molecule has 1 heterocycles. The van der Waals surface area contributed by atoms with Crippen LogP contribution in [0.3, 0.4) is 0 Å². The second-order valence-electron chi connectivity index (χ2n) is 3.17. The minimum Gasteiger partial charge on any atom is -0.355 e. The minimum atomic E-state index is -0.197. The number of carbonyl (C=O) groups is 2. The summed E-state index contributed by atoms with van der Waals surface area (Å²) < 4.78 is 0. The van der Waals surface area contributed by atoms with Crippen LogP contribution in [0, 0.1) is 17.8 Å². The van der Waals surface area contributed by atoms with Crippen LogP contribution in [0.4, 0.5) is 0 Å². The molecular weight excluding hydrogens is 180 g/mol. The first kappa shape index (κ1) is 10.6. The molecule has 14 heavy (non-hydrogen) atoms. The Kier molecular flexibility index (Phi) is 3.99. The number of rotatable bonds is 3. The lowest BCUT2D eigenvalue weighted by Crippen LogP contribution is -2.32. The molecule has 0 aromatic rings. The Hall–Kier alpha value is -1.50. The van der Waals surface area contributed by atoms with Crippen molar-refractivity contribution < 1.29 is 9.59 Å². The van der Waals surface area contributed by atoms with E-state index in [-0.39, 0.29) is 17.7 Å². The maximum atomic E-state index is 11.4. The number of hydrogen-bond donors (Lipinski definition) is 2.